The molecule has 1 spiro atoms. The molecule has 0 saturated heterocycles. The summed E-state index contributed by atoms with van der Waals surface area (Å²) in [4.78, 5) is 11.1. The topological polar surface area (TPSA) is 37.3 Å². The second-order valence-electron chi connectivity index (χ2n) is 6.43. The van der Waals surface area contributed by atoms with Crippen molar-refractivity contribution in [2.75, 3.05) is 0 Å². The van der Waals surface area contributed by atoms with Crippen molar-refractivity contribution in [3.05, 3.63) is 0 Å². The molecule has 15 heavy (non-hydrogen) atoms. The summed E-state index contributed by atoms with van der Waals surface area (Å²) in [5.41, 5.74) is 0.274. The van der Waals surface area contributed by atoms with E-state index in [-0.39, 0.29) is 11.3 Å². The van der Waals surface area contributed by atoms with Crippen LogP contribution in [0.15, 0.2) is 0 Å². The van der Waals surface area contributed by atoms with Crippen molar-refractivity contribution in [3.8, 4) is 0 Å². The fourth-order valence-electron chi connectivity index (χ4n) is 5.88. The number of carboxylic acids is 1. The van der Waals surface area contributed by atoms with Crippen LogP contribution in [-0.2, 0) is 4.79 Å². The lowest BCUT2D eigenvalue weighted by molar-refractivity contribution is -0.146. The van der Waals surface area contributed by atoms with E-state index >= 15 is 0 Å². The Bertz CT molecular complexity index is 350. The molecule has 4 rings (SSSR count). The summed E-state index contributed by atoms with van der Waals surface area (Å²) in [7, 11) is 0. The molecule has 82 valence electrons. The van der Waals surface area contributed by atoms with Gasteiger partial charge in [-0.05, 0) is 60.7 Å². The molecule has 0 heterocycles. The molecule has 2 heteroatoms. The van der Waals surface area contributed by atoms with Crippen molar-refractivity contribution in [2.24, 2.45) is 40.9 Å². The SMILES string of the molecule is C[C@@H]1[C@@H]2[C@H]3CC[C@@H](C3)[C@@H]2[C@@]12C[C@@H]2C(=O)O. The molecule has 7 atom stereocenters. The monoisotopic (exact) mass is 206 g/mol. The first-order valence-corrected chi connectivity index (χ1v) is 6.39. The minimum atomic E-state index is -0.525. The number of carboxylic acid groups (broad SMARTS) is 1. The first-order valence-electron chi connectivity index (χ1n) is 6.39. The number of carbonyl (C=O) groups is 1. The maximum absolute atomic E-state index is 11.1. The van der Waals surface area contributed by atoms with Gasteiger partial charge in [0.25, 0.3) is 0 Å². The number of hydrogen-bond acceptors (Lipinski definition) is 1. The fraction of sp³-hybridized carbons (Fsp3) is 0.923. The predicted molar refractivity (Wildman–Crippen MR) is 55.2 cm³/mol. The van der Waals surface area contributed by atoms with Crippen molar-refractivity contribution >= 4 is 5.97 Å². The molecule has 0 aromatic carbocycles. The van der Waals surface area contributed by atoms with Gasteiger partial charge in [-0.2, -0.15) is 0 Å². The molecule has 0 aromatic rings. The molecule has 2 nitrogen and oxygen atoms in total. The van der Waals surface area contributed by atoms with Crippen LogP contribution < -0.4 is 0 Å². The average Bonchev–Trinajstić information content (AvgIpc) is 2.75. The Labute approximate surface area is 90.1 Å². The minimum Gasteiger partial charge on any atom is -0.481 e. The summed E-state index contributed by atoms with van der Waals surface area (Å²) in [6, 6.07) is 0. The number of hydrogen-bond donors (Lipinski definition) is 1. The lowest BCUT2D eigenvalue weighted by Gasteiger charge is -2.55. The van der Waals surface area contributed by atoms with Gasteiger partial charge in [-0.15, -0.1) is 0 Å². The van der Waals surface area contributed by atoms with Crippen LogP contribution in [0.4, 0.5) is 0 Å². The van der Waals surface area contributed by atoms with Gasteiger partial charge in [0.15, 0.2) is 0 Å². The third-order valence-electron chi connectivity index (χ3n) is 6.37. The van der Waals surface area contributed by atoms with E-state index in [0.29, 0.717) is 5.92 Å². The highest BCUT2D eigenvalue weighted by atomic mass is 16.4. The summed E-state index contributed by atoms with van der Waals surface area (Å²) in [5, 5.41) is 9.16. The van der Waals surface area contributed by atoms with E-state index in [1.54, 1.807) is 0 Å². The number of aliphatic carboxylic acids is 1. The van der Waals surface area contributed by atoms with Gasteiger partial charge >= 0.3 is 5.97 Å². The predicted octanol–water partition coefficient (Wildman–Crippen LogP) is 2.39. The average molecular weight is 206 g/mol. The normalized spacial score (nSPS) is 64.1. The molecular formula is C13H18O2. The van der Waals surface area contributed by atoms with Gasteiger partial charge < -0.3 is 5.11 Å². The Morgan fingerprint density at radius 3 is 2.73 bits per heavy atom. The van der Waals surface area contributed by atoms with E-state index in [4.69, 9.17) is 5.11 Å². The van der Waals surface area contributed by atoms with Crippen LogP contribution in [0.1, 0.15) is 32.6 Å². The molecule has 4 aliphatic rings. The Balaban J connectivity index is 1.67. The highest BCUT2D eigenvalue weighted by Gasteiger charge is 2.79. The van der Waals surface area contributed by atoms with E-state index in [1.807, 2.05) is 0 Å². The van der Waals surface area contributed by atoms with Crippen molar-refractivity contribution in [1.29, 1.82) is 0 Å². The zero-order valence-electron chi connectivity index (χ0n) is 9.15. The summed E-state index contributed by atoms with van der Waals surface area (Å²) in [6.45, 7) is 2.32. The van der Waals surface area contributed by atoms with Crippen molar-refractivity contribution in [1.82, 2.24) is 0 Å². The standard InChI is InChI=1S/C13H18O2/c1-6-10-7-2-3-8(4-7)11(10)13(6)5-9(13)12(14)15/h6-11H,2-5H2,1H3,(H,14,15)/t6-,7+,8+,9-,10-,11+,13+/m1/s1. The van der Waals surface area contributed by atoms with Crippen LogP contribution in [-0.4, -0.2) is 11.1 Å². The van der Waals surface area contributed by atoms with Gasteiger partial charge in [0.1, 0.15) is 0 Å². The summed E-state index contributed by atoms with van der Waals surface area (Å²) in [5.74, 6) is 3.80. The molecule has 2 bridgehead atoms. The maximum atomic E-state index is 11.1. The van der Waals surface area contributed by atoms with E-state index in [0.717, 1.165) is 30.1 Å². The highest BCUT2D eigenvalue weighted by Crippen LogP contribution is 2.82. The molecule has 0 amide bonds. The van der Waals surface area contributed by atoms with Crippen molar-refractivity contribution in [2.45, 2.75) is 32.6 Å². The zero-order chi connectivity index (χ0) is 10.4. The highest BCUT2D eigenvalue weighted by molar-refractivity contribution is 5.75. The second kappa shape index (κ2) is 2.26. The molecule has 0 unspecified atom stereocenters. The second-order valence-corrected chi connectivity index (χ2v) is 6.43. The summed E-state index contributed by atoms with van der Waals surface area (Å²) in [6.07, 6.45) is 5.25. The molecule has 4 aliphatic carbocycles. The minimum absolute atomic E-state index is 0.0214. The summed E-state index contributed by atoms with van der Waals surface area (Å²) < 4.78 is 0. The first kappa shape index (κ1) is 8.60. The Kier molecular flexibility index (Phi) is 1.29. The number of rotatable bonds is 1. The Morgan fingerprint density at radius 2 is 2.07 bits per heavy atom. The molecular weight excluding hydrogens is 188 g/mol. The van der Waals surface area contributed by atoms with Crippen LogP contribution in [0, 0.1) is 40.9 Å². The quantitative estimate of drug-likeness (QED) is 0.715. The van der Waals surface area contributed by atoms with E-state index in [1.165, 1.54) is 19.3 Å². The first-order chi connectivity index (χ1) is 7.16. The van der Waals surface area contributed by atoms with Gasteiger partial charge in [-0.3, -0.25) is 4.79 Å². The molecule has 4 fully saturated rings. The molecule has 0 aliphatic heterocycles. The third kappa shape index (κ3) is 0.724. The van der Waals surface area contributed by atoms with E-state index < -0.39 is 5.97 Å². The van der Waals surface area contributed by atoms with Crippen LogP contribution in [0.3, 0.4) is 0 Å². The van der Waals surface area contributed by atoms with Gasteiger partial charge in [-0.25, -0.2) is 0 Å². The fourth-order valence-corrected chi connectivity index (χ4v) is 5.88. The van der Waals surface area contributed by atoms with Gasteiger partial charge in [0.05, 0.1) is 5.92 Å². The maximum Gasteiger partial charge on any atom is 0.307 e. The van der Waals surface area contributed by atoms with Crippen LogP contribution in [0.5, 0.6) is 0 Å². The van der Waals surface area contributed by atoms with E-state index in [2.05, 4.69) is 6.92 Å². The molecule has 1 N–H and O–H groups in total. The molecule has 4 saturated carbocycles. The van der Waals surface area contributed by atoms with Crippen molar-refractivity contribution in [3.63, 3.8) is 0 Å². The lowest BCUT2D eigenvalue weighted by Crippen LogP contribution is -2.52. The van der Waals surface area contributed by atoms with Crippen LogP contribution in [0.25, 0.3) is 0 Å². The lowest BCUT2D eigenvalue weighted by atomic mass is 9.49. The zero-order valence-corrected chi connectivity index (χ0v) is 9.15. The Morgan fingerprint density at radius 1 is 1.33 bits per heavy atom. The summed E-state index contributed by atoms with van der Waals surface area (Å²) >= 11 is 0. The van der Waals surface area contributed by atoms with E-state index in [9.17, 15) is 4.79 Å². The van der Waals surface area contributed by atoms with Crippen molar-refractivity contribution < 1.29 is 9.90 Å². The Hall–Kier alpha value is -0.530. The van der Waals surface area contributed by atoms with Gasteiger partial charge in [0, 0.05) is 0 Å². The number of fused-ring (bicyclic) bond motifs is 6. The van der Waals surface area contributed by atoms with Gasteiger partial charge in [-0.1, -0.05) is 6.92 Å². The largest absolute Gasteiger partial charge is 0.481 e. The van der Waals surface area contributed by atoms with Crippen LogP contribution in [0.2, 0.25) is 0 Å². The molecule has 0 aromatic heterocycles. The molecule has 0 radical (unpaired) electrons. The van der Waals surface area contributed by atoms with Gasteiger partial charge in [0.2, 0.25) is 0 Å². The smallest absolute Gasteiger partial charge is 0.307 e. The third-order valence-corrected chi connectivity index (χ3v) is 6.37. The van der Waals surface area contributed by atoms with Crippen LogP contribution >= 0.6 is 0 Å².